The number of aromatic nitrogens is 2. The summed E-state index contributed by atoms with van der Waals surface area (Å²) in [7, 11) is 0. The summed E-state index contributed by atoms with van der Waals surface area (Å²) in [5.41, 5.74) is 26.4. The molecule has 13 rings (SSSR count). The van der Waals surface area contributed by atoms with Crippen molar-refractivity contribution in [2.45, 2.75) is 110 Å². The lowest BCUT2D eigenvalue weighted by Crippen LogP contribution is -2.16. The molecule has 0 saturated carbocycles. The molecule has 0 fully saturated rings. The van der Waals surface area contributed by atoms with Crippen molar-refractivity contribution in [1.82, 2.24) is 9.13 Å². The predicted octanol–water partition coefficient (Wildman–Crippen LogP) is 17.4. The van der Waals surface area contributed by atoms with Crippen molar-refractivity contribution in [3.8, 4) is 44.8 Å². The van der Waals surface area contributed by atoms with Crippen LogP contribution in [0.3, 0.4) is 0 Å². The van der Waals surface area contributed by atoms with Gasteiger partial charge in [0.1, 0.15) is 0 Å². The second kappa shape index (κ2) is 12.9. The van der Waals surface area contributed by atoms with E-state index in [1.807, 2.05) is 0 Å². The molecule has 0 saturated heterocycles. The van der Waals surface area contributed by atoms with Gasteiger partial charge in [-0.05, 0) is 162 Å². The molecular weight excluding hydrogens is 809 g/mol. The maximum Gasteiger partial charge on any atom is 0.0544 e. The van der Waals surface area contributed by atoms with Gasteiger partial charge in [-0.1, -0.05) is 156 Å². The van der Waals surface area contributed by atoms with E-state index in [9.17, 15) is 0 Å². The van der Waals surface area contributed by atoms with Crippen LogP contribution in [0.2, 0.25) is 0 Å². The van der Waals surface area contributed by atoms with Gasteiger partial charge in [-0.2, -0.15) is 0 Å². The van der Waals surface area contributed by atoms with Crippen molar-refractivity contribution in [2.75, 3.05) is 0 Å². The summed E-state index contributed by atoms with van der Waals surface area (Å²) in [5.74, 6) is 0. The van der Waals surface area contributed by atoms with Gasteiger partial charge < -0.3 is 9.13 Å². The van der Waals surface area contributed by atoms with Gasteiger partial charge in [0.15, 0.2) is 0 Å². The molecule has 3 aliphatic rings. The zero-order valence-electron chi connectivity index (χ0n) is 41.3. The van der Waals surface area contributed by atoms with Crippen molar-refractivity contribution in [3.05, 3.63) is 190 Å². The van der Waals surface area contributed by atoms with Gasteiger partial charge in [-0.15, -0.1) is 0 Å². The molecule has 8 aromatic carbocycles. The first-order valence-electron chi connectivity index (χ1n) is 24.5. The summed E-state index contributed by atoms with van der Waals surface area (Å²) in [6, 6.07) is 57.1. The first-order chi connectivity index (χ1) is 31.7. The Kier molecular flexibility index (Phi) is 7.80. The van der Waals surface area contributed by atoms with E-state index in [2.05, 4.69) is 238 Å². The smallest absolute Gasteiger partial charge is 0.0544 e. The van der Waals surface area contributed by atoms with E-state index in [4.69, 9.17) is 0 Å². The molecule has 2 nitrogen and oxygen atoms in total. The zero-order valence-corrected chi connectivity index (χ0v) is 41.3. The predicted molar refractivity (Wildman–Crippen MR) is 285 cm³/mol. The number of fused-ring (bicyclic) bond motifs is 15. The summed E-state index contributed by atoms with van der Waals surface area (Å²) in [5, 5.41) is 5.27. The fourth-order valence-electron chi connectivity index (χ4n) is 12.9. The Balaban J connectivity index is 1.01. The third-order valence-corrected chi connectivity index (χ3v) is 16.8. The maximum atomic E-state index is 2.60. The number of hydrogen-bond acceptors (Lipinski definition) is 0. The molecule has 0 aliphatic heterocycles. The van der Waals surface area contributed by atoms with Gasteiger partial charge >= 0.3 is 0 Å². The van der Waals surface area contributed by atoms with Crippen LogP contribution < -0.4 is 0 Å². The van der Waals surface area contributed by atoms with Crippen LogP contribution in [0.15, 0.2) is 146 Å². The highest BCUT2D eigenvalue weighted by Crippen LogP contribution is 2.55. The van der Waals surface area contributed by atoms with E-state index in [1.165, 1.54) is 133 Å². The highest BCUT2D eigenvalue weighted by Gasteiger charge is 2.40. The second-order valence-electron chi connectivity index (χ2n) is 23.9. The Hall–Kier alpha value is -6.64. The average molecular weight is 869 g/mol. The van der Waals surface area contributed by atoms with Crippen LogP contribution in [0.25, 0.3) is 88.4 Å². The van der Waals surface area contributed by atoms with Gasteiger partial charge in [0.2, 0.25) is 0 Å². The minimum Gasteiger partial charge on any atom is -0.309 e. The van der Waals surface area contributed by atoms with E-state index < -0.39 is 0 Å². The first-order valence-corrected chi connectivity index (χ1v) is 24.5. The summed E-state index contributed by atoms with van der Waals surface area (Å²) < 4.78 is 5.12. The van der Waals surface area contributed by atoms with Crippen molar-refractivity contribution < 1.29 is 0 Å². The Labute approximate surface area is 395 Å². The van der Waals surface area contributed by atoms with Crippen LogP contribution in [0.4, 0.5) is 0 Å². The largest absolute Gasteiger partial charge is 0.309 e. The third-order valence-electron chi connectivity index (χ3n) is 16.8. The van der Waals surface area contributed by atoms with Crippen LogP contribution in [0.5, 0.6) is 0 Å². The van der Waals surface area contributed by atoms with E-state index in [1.54, 1.807) is 0 Å². The molecule has 0 radical (unpaired) electrons. The molecule has 0 bridgehead atoms. The van der Waals surface area contributed by atoms with E-state index in [-0.39, 0.29) is 27.1 Å². The molecular formula is C65H60N2. The van der Waals surface area contributed by atoms with Crippen LogP contribution >= 0.6 is 0 Å². The summed E-state index contributed by atoms with van der Waals surface area (Å²) in [4.78, 5) is 0. The quantitative estimate of drug-likeness (QED) is 0.164. The molecule has 10 aromatic rings. The number of nitrogens with zero attached hydrogens (tertiary/aromatic N) is 2. The summed E-state index contributed by atoms with van der Waals surface area (Å²) >= 11 is 0. The average Bonchev–Trinajstić information content (AvgIpc) is 4.00. The molecule has 3 aliphatic carbocycles. The van der Waals surface area contributed by atoms with Crippen molar-refractivity contribution >= 4 is 43.6 Å². The van der Waals surface area contributed by atoms with E-state index >= 15 is 0 Å². The van der Waals surface area contributed by atoms with Gasteiger partial charge in [0.25, 0.3) is 0 Å². The zero-order chi connectivity index (χ0) is 46.5. The normalized spacial score (nSPS) is 16.1. The Bertz CT molecular complexity index is 3650. The number of rotatable bonds is 2. The fraction of sp³-hybridized carbons (Fsp3) is 0.262. The highest BCUT2D eigenvalue weighted by molar-refractivity contribution is 6.14. The monoisotopic (exact) mass is 868 g/mol. The van der Waals surface area contributed by atoms with Crippen LogP contribution in [-0.4, -0.2) is 9.13 Å². The summed E-state index contributed by atoms with van der Waals surface area (Å²) in [6.45, 7) is 28.4. The molecule has 0 spiro atoms. The Morgan fingerprint density at radius 3 is 1.06 bits per heavy atom. The van der Waals surface area contributed by atoms with Gasteiger partial charge in [-0.3, -0.25) is 0 Å². The SMILES string of the molecule is CC(C)(C)c1ccc2c(c1)c1cc(C(C)(C)C)ccc1n2-c1ccc2c(c1)C(C)(C)c1cc(-n3c4cc5c(cc4c4cc6c(cc43)C(C)(C)c3ccccc3-6)-c3ccccc3C5(C)C)ccc1-2. The molecule has 0 N–H and O–H groups in total. The molecule has 0 amide bonds. The van der Waals surface area contributed by atoms with Crippen LogP contribution in [0, 0.1) is 0 Å². The lowest BCUT2D eigenvalue weighted by atomic mass is 9.82. The standard InChI is InChI=1S/C65H60N2/c1-61(2,3)37-21-27-57-47(29-37)48-30-38(62(4,5)6)22-28-58(48)66(57)39-23-25-43-44-26-24-40(32-54(44)65(11,12)53(43)31-39)67-59-35-55-45(41-17-13-15-19-51(41)63(55,7)8)33-49(59)50-34-46-42-18-14-16-20-52(42)64(9,10)56(46)36-60(50)67/h13-36H,1-12H3. The molecule has 2 aromatic heterocycles. The summed E-state index contributed by atoms with van der Waals surface area (Å²) in [6.07, 6.45) is 0. The highest BCUT2D eigenvalue weighted by atomic mass is 15.0. The number of hydrogen-bond donors (Lipinski definition) is 0. The number of benzene rings is 8. The van der Waals surface area contributed by atoms with Crippen LogP contribution in [0.1, 0.15) is 128 Å². The maximum absolute atomic E-state index is 2.60. The molecule has 2 heterocycles. The van der Waals surface area contributed by atoms with Crippen LogP contribution in [-0.2, 0) is 27.1 Å². The molecule has 2 heteroatoms. The molecule has 0 atom stereocenters. The van der Waals surface area contributed by atoms with E-state index in [0.717, 1.165) is 0 Å². The minimum absolute atomic E-state index is 0.0522. The third kappa shape index (κ3) is 5.33. The lowest BCUT2D eigenvalue weighted by Gasteiger charge is -2.24. The lowest BCUT2D eigenvalue weighted by molar-refractivity contribution is 0.590. The first kappa shape index (κ1) is 40.6. The molecule has 0 unspecified atom stereocenters. The topological polar surface area (TPSA) is 9.86 Å². The molecule has 330 valence electrons. The van der Waals surface area contributed by atoms with Crippen molar-refractivity contribution in [3.63, 3.8) is 0 Å². The van der Waals surface area contributed by atoms with Crippen molar-refractivity contribution in [2.24, 2.45) is 0 Å². The van der Waals surface area contributed by atoms with Crippen molar-refractivity contribution in [1.29, 1.82) is 0 Å². The second-order valence-corrected chi connectivity index (χ2v) is 23.9. The fourth-order valence-corrected chi connectivity index (χ4v) is 12.9. The Morgan fingerprint density at radius 2 is 0.642 bits per heavy atom. The van der Waals surface area contributed by atoms with E-state index in [0.29, 0.717) is 0 Å². The minimum atomic E-state index is -0.233. The van der Waals surface area contributed by atoms with Gasteiger partial charge in [0.05, 0.1) is 22.1 Å². The van der Waals surface area contributed by atoms with Gasteiger partial charge in [0, 0.05) is 49.2 Å². The van der Waals surface area contributed by atoms with Gasteiger partial charge in [-0.25, -0.2) is 0 Å². The Morgan fingerprint density at radius 1 is 0.299 bits per heavy atom. The molecule has 67 heavy (non-hydrogen) atoms.